The molecule has 0 aromatic heterocycles. The first kappa shape index (κ1) is 14.3. The number of rotatable bonds is 3. The van der Waals surface area contributed by atoms with E-state index in [1.807, 2.05) is 42.5 Å². The minimum atomic E-state index is -0.329. The number of hydrogen-bond donors (Lipinski definition) is 0. The summed E-state index contributed by atoms with van der Waals surface area (Å²) in [6.45, 7) is 2.83. The highest BCUT2D eigenvalue weighted by Gasteiger charge is 2.24. The van der Waals surface area contributed by atoms with E-state index < -0.39 is 0 Å². The van der Waals surface area contributed by atoms with Crippen LogP contribution in [0.1, 0.15) is 34.0 Å². The van der Waals surface area contributed by atoms with Crippen LogP contribution in [-0.2, 0) is 24.4 Å². The highest BCUT2D eigenvalue weighted by atomic mass is 16.6. The SMILES string of the molecule is CC(=O)c1ccc2c(c1)CN(C(=O)OCc1ccccc1)C2. The van der Waals surface area contributed by atoms with Gasteiger partial charge in [-0.15, -0.1) is 0 Å². The maximum atomic E-state index is 12.1. The van der Waals surface area contributed by atoms with Crippen molar-refractivity contribution in [2.24, 2.45) is 0 Å². The maximum Gasteiger partial charge on any atom is 0.410 e. The average Bonchev–Trinajstić information content (AvgIpc) is 2.96. The Bertz CT molecular complexity index is 710. The third-order valence-electron chi connectivity index (χ3n) is 3.80. The summed E-state index contributed by atoms with van der Waals surface area (Å²) in [6, 6.07) is 15.2. The third-order valence-corrected chi connectivity index (χ3v) is 3.80. The van der Waals surface area contributed by atoms with Crippen molar-refractivity contribution < 1.29 is 14.3 Å². The number of carbonyl (C=O) groups is 2. The van der Waals surface area contributed by atoms with Gasteiger partial charge in [-0.1, -0.05) is 42.5 Å². The first-order valence-electron chi connectivity index (χ1n) is 7.22. The summed E-state index contributed by atoms with van der Waals surface area (Å²) in [5, 5.41) is 0. The van der Waals surface area contributed by atoms with Crippen LogP contribution in [0.4, 0.5) is 4.79 Å². The quantitative estimate of drug-likeness (QED) is 0.814. The average molecular weight is 295 g/mol. The molecule has 112 valence electrons. The van der Waals surface area contributed by atoms with Gasteiger partial charge in [-0.3, -0.25) is 9.69 Å². The van der Waals surface area contributed by atoms with Crippen LogP contribution in [0.15, 0.2) is 48.5 Å². The van der Waals surface area contributed by atoms with Crippen LogP contribution in [0, 0.1) is 0 Å². The van der Waals surface area contributed by atoms with Crippen LogP contribution in [0.2, 0.25) is 0 Å². The Morgan fingerprint density at radius 3 is 2.50 bits per heavy atom. The van der Waals surface area contributed by atoms with Gasteiger partial charge in [-0.2, -0.15) is 0 Å². The molecule has 1 aliphatic rings. The predicted molar refractivity (Wildman–Crippen MR) is 82.3 cm³/mol. The largest absolute Gasteiger partial charge is 0.445 e. The number of amides is 1. The fourth-order valence-electron chi connectivity index (χ4n) is 2.55. The van der Waals surface area contributed by atoms with Crippen molar-refractivity contribution in [1.29, 1.82) is 0 Å². The highest BCUT2D eigenvalue weighted by Crippen LogP contribution is 2.24. The molecule has 0 N–H and O–H groups in total. The Morgan fingerprint density at radius 2 is 1.77 bits per heavy atom. The van der Waals surface area contributed by atoms with E-state index in [1.54, 1.807) is 17.9 Å². The molecule has 0 spiro atoms. The minimum Gasteiger partial charge on any atom is -0.445 e. The number of nitrogens with zero attached hydrogens (tertiary/aromatic N) is 1. The summed E-state index contributed by atoms with van der Waals surface area (Å²) < 4.78 is 5.34. The number of Topliss-reactive ketones (excluding diaryl/α,β-unsaturated/α-hetero) is 1. The summed E-state index contributed by atoms with van der Waals surface area (Å²) in [4.78, 5) is 25.2. The first-order chi connectivity index (χ1) is 10.6. The van der Waals surface area contributed by atoms with Gasteiger partial charge in [0.25, 0.3) is 0 Å². The number of carbonyl (C=O) groups excluding carboxylic acids is 2. The van der Waals surface area contributed by atoms with Gasteiger partial charge in [-0.25, -0.2) is 4.79 Å². The number of ether oxygens (including phenoxy) is 1. The minimum absolute atomic E-state index is 0.0351. The summed E-state index contributed by atoms with van der Waals surface area (Å²) in [7, 11) is 0. The Hall–Kier alpha value is -2.62. The van der Waals surface area contributed by atoms with Crippen molar-refractivity contribution >= 4 is 11.9 Å². The molecule has 1 amide bonds. The van der Waals surface area contributed by atoms with Gasteiger partial charge in [-0.05, 0) is 29.7 Å². The van der Waals surface area contributed by atoms with E-state index in [0.29, 0.717) is 18.7 Å². The lowest BCUT2D eigenvalue weighted by Gasteiger charge is -2.15. The fourth-order valence-corrected chi connectivity index (χ4v) is 2.55. The molecule has 4 nitrogen and oxygen atoms in total. The number of fused-ring (bicyclic) bond motifs is 1. The second-order valence-electron chi connectivity index (χ2n) is 5.44. The molecular weight excluding hydrogens is 278 g/mol. The van der Waals surface area contributed by atoms with E-state index in [0.717, 1.165) is 16.7 Å². The van der Waals surface area contributed by atoms with Crippen LogP contribution >= 0.6 is 0 Å². The molecule has 1 heterocycles. The van der Waals surface area contributed by atoms with Crippen LogP contribution in [0.3, 0.4) is 0 Å². The van der Waals surface area contributed by atoms with Crippen LogP contribution in [-0.4, -0.2) is 16.8 Å². The van der Waals surface area contributed by atoms with E-state index in [2.05, 4.69) is 0 Å². The Labute approximate surface area is 129 Å². The Morgan fingerprint density at radius 1 is 1.05 bits per heavy atom. The summed E-state index contributed by atoms with van der Waals surface area (Å²) in [6.07, 6.45) is -0.329. The van der Waals surface area contributed by atoms with Gasteiger partial charge in [0.1, 0.15) is 6.61 Å². The molecule has 3 rings (SSSR count). The molecule has 0 atom stereocenters. The normalized spacial score (nSPS) is 12.9. The molecule has 0 bridgehead atoms. The summed E-state index contributed by atoms with van der Waals surface area (Å²) in [5.74, 6) is 0.0351. The molecule has 0 unspecified atom stereocenters. The third kappa shape index (κ3) is 3.01. The van der Waals surface area contributed by atoms with Crippen molar-refractivity contribution in [2.45, 2.75) is 26.6 Å². The monoisotopic (exact) mass is 295 g/mol. The fraction of sp³-hybridized carbons (Fsp3) is 0.222. The van der Waals surface area contributed by atoms with Gasteiger partial charge in [0.05, 0.1) is 0 Å². The number of hydrogen-bond acceptors (Lipinski definition) is 3. The van der Waals surface area contributed by atoms with E-state index >= 15 is 0 Å². The van der Waals surface area contributed by atoms with Crippen molar-refractivity contribution in [1.82, 2.24) is 4.90 Å². The molecule has 2 aromatic carbocycles. The predicted octanol–water partition coefficient (Wildman–Crippen LogP) is 3.54. The second kappa shape index (κ2) is 6.02. The Balaban J connectivity index is 1.62. The lowest BCUT2D eigenvalue weighted by atomic mass is 10.0. The zero-order chi connectivity index (χ0) is 15.5. The van der Waals surface area contributed by atoms with Crippen LogP contribution in [0.25, 0.3) is 0 Å². The van der Waals surface area contributed by atoms with Crippen molar-refractivity contribution in [3.8, 4) is 0 Å². The van der Waals surface area contributed by atoms with Crippen LogP contribution in [0.5, 0.6) is 0 Å². The molecule has 0 radical (unpaired) electrons. The molecule has 0 aliphatic carbocycles. The van der Waals surface area contributed by atoms with Gasteiger partial charge in [0, 0.05) is 18.7 Å². The first-order valence-corrected chi connectivity index (χ1v) is 7.22. The molecule has 2 aromatic rings. The lowest BCUT2D eigenvalue weighted by Crippen LogP contribution is -2.25. The standard InChI is InChI=1S/C18H17NO3/c1-13(20)15-7-8-16-10-19(11-17(16)9-15)18(21)22-12-14-5-3-2-4-6-14/h2-9H,10-12H2,1H3. The lowest BCUT2D eigenvalue weighted by molar-refractivity contribution is 0.0955. The number of ketones is 1. The molecule has 22 heavy (non-hydrogen) atoms. The van der Waals surface area contributed by atoms with Gasteiger partial charge < -0.3 is 4.74 Å². The molecule has 0 fully saturated rings. The maximum absolute atomic E-state index is 12.1. The van der Waals surface area contributed by atoms with E-state index in [4.69, 9.17) is 4.74 Å². The smallest absolute Gasteiger partial charge is 0.410 e. The molecule has 4 heteroatoms. The van der Waals surface area contributed by atoms with Crippen LogP contribution < -0.4 is 0 Å². The Kier molecular flexibility index (Phi) is 3.92. The zero-order valence-electron chi connectivity index (χ0n) is 12.4. The molecule has 1 aliphatic heterocycles. The highest BCUT2D eigenvalue weighted by molar-refractivity contribution is 5.94. The summed E-state index contributed by atoms with van der Waals surface area (Å²) >= 11 is 0. The zero-order valence-corrected chi connectivity index (χ0v) is 12.4. The van der Waals surface area contributed by atoms with E-state index in [1.165, 1.54) is 0 Å². The molecule has 0 saturated heterocycles. The topological polar surface area (TPSA) is 46.6 Å². The molecule has 0 saturated carbocycles. The van der Waals surface area contributed by atoms with Crippen molar-refractivity contribution in [3.63, 3.8) is 0 Å². The summed E-state index contributed by atoms with van der Waals surface area (Å²) in [5.41, 5.74) is 3.73. The van der Waals surface area contributed by atoms with Crippen molar-refractivity contribution in [2.75, 3.05) is 0 Å². The van der Waals surface area contributed by atoms with E-state index in [9.17, 15) is 9.59 Å². The van der Waals surface area contributed by atoms with E-state index in [-0.39, 0.29) is 18.5 Å². The van der Waals surface area contributed by atoms with Gasteiger partial charge in [0.15, 0.2) is 5.78 Å². The molecular formula is C18H17NO3. The second-order valence-corrected chi connectivity index (χ2v) is 5.44. The number of benzene rings is 2. The van der Waals surface area contributed by atoms with Crippen molar-refractivity contribution in [3.05, 3.63) is 70.8 Å². The van der Waals surface area contributed by atoms with Gasteiger partial charge >= 0.3 is 6.09 Å². The van der Waals surface area contributed by atoms with Gasteiger partial charge in [0.2, 0.25) is 0 Å².